The quantitative estimate of drug-likeness (QED) is 0.163. The van der Waals surface area contributed by atoms with Crippen LogP contribution in [0.2, 0.25) is 0 Å². The van der Waals surface area contributed by atoms with Gasteiger partial charge in [-0.2, -0.15) is 0 Å². The molecule has 5 aromatic carbocycles. The molecule has 0 unspecified atom stereocenters. The van der Waals surface area contributed by atoms with Crippen LogP contribution in [0.25, 0.3) is 80.8 Å². The van der Waals surface area contributed by atoms with Gasteiger partial charge in [-0.15, -0.1) is 71.0 Å². The second-order valence-corrected chi connectivity index (χ2v) is 12.1. The largest absolute Gasteiger partial charge is 0.350 e. The molecule has 0 fully saturated rings. The first-order chi connectivity index (χ1) is 23.5. The van der Waals surface area contributed by atoms with E-state index in [0.29, 0.717) is 5.69 Å². The van der Waals surface area contributed by atoms with Crippen molar-refractivity contribution in [3.05, 3.63) is 151 Å². The Hall–Kier alpha value is -4.93. The Labute approximate surface area is 287 Å². The summed E-state index contributed by atoms with van der Waals surface area (Å²) < 4.78 is 27.9. The minimum atomic E-state index is -2.17. The predicted molar refractivity (Wildman–Crippen MR) is 189 cm³/mol. The van der Waals surface area contributed by atoms with Crippen LogP contribution < -0.4 is 0 Å². The van der Waals surface area contributed by atoms with E-state index in [-0.39, 0.29) is 25.7 Å². The number of fused-ring (bicyclic) bond motifs is 10. The van der Waals surface area contributed by atoms with Crippen molar-refractivity contribution < 1.29 is 24.2 Å². The van der Waals surface area contributed by atoms with E-state index in [1.54, 1.807) is 18.3 Å². The summed E-state index contributed by atoms with van der Waals surface area (Å²) in [4.78, 5) is 8.70. The number of hydrogen-bond acceptors (Lipinski definition) is 3. The first-order valence-electron chi connectivity index (χ1n) is 16.2. The van der Waals surface area contributed by atoms with E-state index < -0.39 is 6.85 Å². The van der Waals surface area contributed by atoms with Crippen molar-refractivity contribution in [1.29, 1.82) is 0 Å². The number of thiophene rings is 1. The smallest absolute Gasteiger partial charge is 0.0531 e. The number of aromatic nitrogens is 3. The molecule has 5 heterocycles. The molecule has 0 amide bonds. The van der Waals surface area contributed by atoms with Gasteiger partial charge in [-0.3, -0.25) is 0 Å². The first-order valence-corrected chi connectivity index (χ1v) is 15.6. The van der Waals surface area contributed by atoms with Crippen LogP contribution in [0, 0.1) is 19.0 Å². The summed E-state index contributed by atoms with van der Waals surface area (Å²) in [7, 11) is 0. The van der Waals surface area contributed by atoms with Crippen molar-refractivity contribution in [2.24, 2.45) is 0 Å². The molecule has 5 aromatic heterocycles. The molecule has 1 radical (unpaired) electrons. The summed E-state index contributed by atoms with van der Waals surface area (Å²) in [5.41, 5.74) is 7.36. The number of hydrogen-bond donors (Lipinski definition) is 0. The van der Waals surface area contributed by atoms with Crippen LogP contribution in [-0.2, 0) is 20.1 Å². The predicted octanol–water partition coefficient (Wildman–Crippen LogP) is 10.9. The fraction of sp³-hybridized carbons (Fsp3) is 0.0244. The number of para-hydroxylation sites is 1. The monoisotopic (exact) mass is 787 g/mol. The molecule has 0 aliphatic heterocycles. The minimum Gasteiger partial charge on any atom is -0.350 e. The maximum absolute atomic E-state index is 7.64. The molecule has 3 nitrogen and oxygen atoms in total. The molecule has 0 saturated carbocycles. The molecule has 0 bridgehead atoms. The first kappa shape index (κ1) is 25.3. The van der Waals surface area contributed by atoms with E-state index in [1.165, 1.54) is 53.6 Å². The average Bonchev–Trinajstić information content (AvgIpc) is 3.78. The van der Waals surface area contributed by atoms with E-state index in [9.17, 15) is 0 Å². The fourth-order valence-corrected chi connectivity index (χ4v) is 7.69. The van der Waals surface area contributed by atoms with Crippen LogP contribution in [0.3, 0.4) is 0 Å². The summed E-state index contributed by atoms with van der Waals surface area (Å²) in [5.74, 6) is 0. The van der Waals surface area contributed by atoms with E-state index in [0.717, 1.165) is 27.7 Å². The molecule has 0 aliphatic rings. The van der Waals surface area contributed by atoms with Crippen LogP contribution in [0.4, 0.5) is 0 Å². The number of nitrogens with zero attached hydrogens (tertiary/aromatic N) is 3. The Morgan fingerprint density at radius 3 is 2.30 bits per heavy atom. The maximum atomic E-state index is 7.64. The van der Waals surface area contributed by atoms with E-state index in [4.69, 9.17) is 4.11 Å². The van der Waals surface area contributed by atoms with Gasteiger partial charge in [-0.25, -0.2) is 0 Å². The third-order valence-corrected chi connectivity index (χ3v) is 9.63. The topological polar surface area (TPSA) is 30.2 Å². The van der Waals surface area contributed by atoms with Crippen molar-refractivity contribution in [3.8, 4) is 22.5 Å². The van der Waals surface area contributed by atoms with Gasteiger partial charge in [0, 0.05) is 78.5 Å². The van der Waals surface area contributed by atoms with E-state index >= 15 is 0 Å². The summed E-state index contributed by atoms with van der Waals surface area (Å²) in [5, 5.41) is 7.49. The van der Waals surface area contributed by atoms with Crippen molar-refractivity contribution >= 4 is 69.6 Å². The molecular formula is C41H25IrN3S-2. The van der Waals surface area contributed by atoms with Gasteiger partial charge in [0.1, 0.15) is 0 Å². The minimum absolute atomic E-state index is 0. The zero-order valence-corrected chi connectivity index (χ0v) is 27.5. The molecule has 0 atom stereocenters. The van der Waals surface area contributed by atoms with Crippen LogP contribution in [-0.4, -0.2) is 14.4 Å². The van der Waals surface area contributed by atoms with E-state index in [1.807, 2.05) is 53.8 Å². The Bertz CT molecular complexity index is 2720. The summed E-state index contributed by atoms with van der Waals surface area (Å²) >= 11 is 1.84. The second-order valence-electron chi connectivity index (χ2n) is 11.0. The van der Waals surface area contributed by atoms with Gasteiger partial charge in [0.2, 0.25) is 0 Å². The molecule has 10 rings (SSSR count). The standard InChI is InChI=1S/C30H17N2S.C11H8N.Ir/c1-17-10-12-24(31-16-17)18-11-13-26-23(14-18)28-29-21(19-6-2-4-8-25(19)32(26)29)15-22-20-7-3-5-9-27(20)33-30(22)28;1-2-6-10(7-3-1)11-8-4-5-9-12-11;/h2-10,12-16H,1H3;1-6,8-9H;/q2*-1;/i1D3;;. The van der Waals surface area contributed by atoms with Gasteiger partial charge in [-0.05, 0) is 53.6 Å². The Kier molecular flexibility index (Phi) is 6.30. The van der Waals surface area contributed by atoms with Crippen LogP contribution in [0.15, 0.2) is 134 Å². The molecule has 0 N–H and O–H groups in total. The molecular weight excluding hydrogens is 759 g/mol. The Balaban J connectivity index is 0.000000228. The normalized spacial score (nSPS) is 12.7. The van der Waals surface area contributed by atoms with E-state index in [2.05, 4.69) is 93.2 Å². The zero-order valence-electron chi connectivity index (χ0n) is 27.3. The third-order valence-electron chi connectivity index (χ3n) is 8.43. The van der Waals surface area contributed by atoms with Crippen LogP contribution in [0.5, 0.6) is 0 Å². The summed E-state index contributed by atoms with van der Waals surface area (Å²) in [6, 6.07) is 47.4. The SMILES string of the molecule is [2H]C([2H])([2H])c1ccc(-c2[c-]cc3c(c2)c2c4sc5ccccc5c4cc4c5ccccc5n3c42)nc1.[Ir].[c-]1ccccc1-c1ccccn1. The van der Waals surface area contributed by atoms with Gasteiger partial charge in [0.15, 0.2) is 0 Å². The van der Waals surface area contributed by atoms with Gasteiger partial charge in [0.05, 0.1) is 5.52 Å². The van der Waals surface area contributed by atoms with Crippen molar-refractivity contribution in [2.45, 2.75) is 6.85 Å². The second kappa shape index (κ2) is 11.5. The molecule has 0 spiro atoms. The van der Waals surface area contributed by atoms with Gasteiger partial charge in [0.25, 0.3) is 0 Å². The number of rotatable bonds is 2. The maximum Gasteiger partial charge on any atom is 0.0531 e. The third kappa shape index (κ3) is 4.51. The molecule has 46 heavy (non-hydrogen) atoms. The van der Waals surface area contributed by atoms with Crippen LogP contribution >= 0.6 is 11.3 Å². The molecule has 221 valence electrons. The number of aryl methyl sites for hydroxylation is 1. The molecule has 5 heteroatoms. The van der Waals surface area contributed by atoms with Crippen molar-refractivity contribution in [1.82, 2.24) is 14.4 Å². The summed E-state index contributed by atoms with van der Waals surface area (Å²) in [6.45, 7) is -2.17. The Morgan fingerprint density at radius 1 is 0.674 bits per heavy atom. The molecule has 10 aromatic rings. The van der Waals surface area contributed by atoms with Crippen molar-refractivity contribution in [2.75, 3.05) is 0 Å². The Morgan fingerprint density at radius 2 is 1.50 bits per heavy atom. The average molecular weight is 787 g/mol. The van der Waals surface area contributed by atoms with Gasteiger partial charge >= 0.3 is 0 Å². The van der Waals surface area contributed by atoms with Crippen LogP contribution in [0.1, 0.15) is 9.68 Å². The fourth-order valence-electron chi connectivity index (χ4n) is 6.45. The summed E-state index contributed by atoms with van der Waals surface area (Å²) in [6.07, 6.45) is 3.24. The molecule has 0 saturated heterocycles. The zero-order chi connectivity index (χ0) is 32.4. The molecule has 0 aliphatic carbocycles. The van der Waals surface area contributed by atoms with Crippen molar-refractivity contribution in [3.63, 3.8) is 0 Å². The van der Waals surface area contributed by atoms with Gasteiger partial charge in [-0.1, -0.05) is 66.0 Å². The number of benzene rings is 5. The number of pyridine rings is 2. The van der Waals surface area contributed by atoms with Gasteiger partial charge < -0.3 is 14.4 Å².